The third-order valence-corrected chi connectivity index (χ3v) is 8.16. The van der Waals surface area contributed by atoms with Gasteiger partial charge in [0.05, 0.1) is 15.8 Å². The molecule has 2 aromatic heterocycles. The van der Waals surface area contributed by atoms with Crippen molar-refractivity contribution in [3.8, 4) is 11.1 Å². The van der Waals surface area contributed by atoms with Gasteiger partial charge in [0.1, 0.15) is 11.6 Å². The average molecular weight is 559 g/mol. The van der Waals surface area contributed by atoms with Crippen LogP contribution < -0.4 is 10.6 Å². The second-order valence-electron chi connectivity index (χ2n) is 10.2. The number of carbonyl (C=O) groups is 2. The summed E-state index contributed by atoms with van der Waals surface area (Å²) in [7, 11) is 0. The van der Waals surface area contributed by atoms with E-state index in [9.17, 15) is 18.4 Å². The molecular formula is C31H28F2N4O2S. The van der Waals surface area contributed by atoms with Crippen LogP contribution in [0.1, 0.15) is 48.5 Å². The number of nitrogens with zero attached hydrogens (tertiary/aromatic N) is 2. The van der Waals surface area contributed by atoms with Gasteiger partial charge >= 0.3 is 0 Å². The highest BCUT2D eigenvalue weighted by Crippen LogP contribution is 2.35. The number of carbonyl (C=O) groups excluding carboxylic acids is 2. The van der Waals surface area contributed by atoms with E-state index in [1.54, 1.807) is 0 Å². The summed E-state index contributed by atoms with van der Waals surface area (Å²) in [6, 6.07) is 15.2. The van der Waals surface area contributed by atoms with Gasteiger partial charge in [0.2, 0.25) is 5.91 Å². The lowest BCUT2D eigenvalue weighted by atomic mass is 10.0. The van der Waals surface area contributed by atoms with Crippen LogP contribution in [0.15, 0.2) is 60.8 Å². The van der Waals surface area contributed by atoms with Crippen molar-refractivity contribution >= 4 is 49.4 Å². The van der Waals surface area contributed by atoms with Crippen molar-refractivity contribution in [2.45, 2.75) is 45.7 Å². The molecule has 1 saturated carbocycles. The summed E-state index contributed by atoms with van der Waals surface area (Å²) >= 11 is 1.44. The van der Waals surface area contributed by atoms with Gasteiger partial charge in [-0.3, -0.25) is 9.59 Å². The Labute approximate surface area is 234 Å². The van der Waals surface area contributed by atoms with Gasteiger partial charge in [0.25, 0.3) is 5.91 Å². The Morgan fingerprint density at radius 3 is 2.65 bits per heavy atom. The van der Waals surface area contributed by atoms with Gasteiger partial charge in [-0.1, -0.05) is 36.8 Å². The number of aryl methyl sites for hydroxylation is 1. The standard InChI is InChI=1S/C31H28F2N4O2S/c1-2-3-12-37-17-24(30(39)34-16-21-13-22(32)8-9-25(21)33)23-14-19(7-11-27(23)37)20-6-10-26-28(15-20)40-31(35-26)36-29(38)18-4-5-18/h6-11,13-15,17-18H,2-5,12,16H2,1H3,(H,34,39)(H,35,36,38). The van der Waals surface area contributed by atoms with E-state index < -0.39 is 11.6 Å². The summed E-state index contributed by atoms with van der Waals surface area (Å²) in [6.07, 6.45) is 5.68. The van der Waals surface area contributed by atoms with E-state index >= 15 is 0 Å². The molecule has 3 aromatic carbocycles. The van der Waals surface area contributed by atoms with Crippen LogP contribution in [0.4, 0.5) is 13.9 Å². The fraction of sp³-hybridized carbons (Fsp3) is 0.258. The van der Waals surface area contributed by atoms with E-state index in [2.05, 4.69) is 27.1 Å². The monoisotopic (exact) mass is 558 g/mol. The minimum atomic E-state index is -0.567. The van der Waals surface area contributed by atoms with Crippen LogP contribution in [-0.2, 0) is 17.9 Å². The molecule has 1 fully saturated rings. The van der Waals surface area contributed by atoms with Gasteiger partial charge in [-0.15, -0.1) is 0 Å². The normalized spacial score (nSPS) is 13.2. The molecule has 204 valence electrons. The number of unbranched alkanes of at least 4 members (excludes halogenated alkanes) is 1. The van der Waals surface area contributed by atoms with Crippen LogP contribution in [-0.4, -0.2) is 21.4 Å². The first-order chi connectivity index (χ1) is 19.4. The number of fused-ring (bicyclic) bond motifs is 2. The molecular weight excluding hydrogens is 530 g/mol. The zero-order valence-electron chi connectivity index (χ0n) is 22.0. The molecule has 2 amide bonds. The van der Waals surface area contributed by atoms with Crippen molar-refractivity contribution < 1.29 is 18.4 Å². The molecule has 0 bridgehead atoms. The van der Waals surface area contributed by atoms with Crippen LogP contribution in [0.25, 0.3) is 32.2 Å². The highest BCUT2D eigenvalue weighted by atomic mass is 32.1. The highest BCUT2D eigenvalue weighted by Gasteiger charge is 2.30. The molecule has 1 aliphatic carbocycles. The summed E-state index contributed by atoms with van der Waals surface area (Å²) in [4.78, 5) is 30.0. The zero-order valence-corrected chi connectivity index (χ0v) is 22.8. The second-order valence-corrected chi connectivity index (χ2v) is 11.2. The Balaban J connectivity index is 1.31. The van der Waals surface area contributed by atoms with E-state index in [0.29, 0.717) is 10.7 Å². The first-order valence-corrected chi connectivity index (χ1v) is 14.3. The molecule has 0 unspecified atom stereocenters. The number of anilines is 1. The molecule has 5 aromatic rings. The lowest BCUT2D eigenvalue weighted by Crippen LogP contribution is -2.23. The quantitative estimate of drug-likeness (QED) is 0.200. The SMILES string of the molecule is CCCCn1cc(C(=O)NCc2cc(F)ccc2F)c2cc(-c3ccc4nc(NC(=O)C5CC5)sc4c3)ccc21. The van der Waals surface area contributed by atoms with Gasteiger partial charge in [-0.2, -0.15) is 0 Å². The number of nitrogens with one attached hydrogen (secondary N) is 2. The van der Waals surface area contributed by atoms with Crippen LogP contribution in [0, 0.1) is 17.6 Å². The summed E-state index contributed by atoms with van der Waals surface area (Å²) < 4.78 is 30.8. The van der Waals surface area contributed by atoms with Crippen LogP contribution >= 0.6 is 11.3 Å². The molecule has 0 aliphatic heterocycles. The zero-order chi connectivity index (χ0) is 27.8. The van der Waals surface area contributed by atoms with E-state index in [0.717, 1.165) is 82.7 Å². The highest BCUT2D eigenvalue weighted by molar-refractivity contribution is 7.22. The van der Waals surface area contributed by atoms with Crippen LogP contribution in [0.5, 0.6) is 0 Å². The maximum atomic E-state index is 14.1. The predicted octanol–water partition coefficient (Wildman–Crippen LogP) is 7.27. The summed E-state index contributed by atoms with van der Waals surface area (Å²) in [6.45, 7) is 2.76. The first-order valence-electron chi connectivity index (χ1n) is 13.5. The minimum absolute atomic E-state index is 0.0308. The molecule has 2 N–H and O–H groups in total. The Bertz CT molecular complexity index is 1760. The number of thiazole rings is 1. The maximum Gasteiger partial charge on any atom is 0.253 e. The lowest BCUT2D eigenvalue weighted by molar-refractivity contribution is -0.117. The fourth-order valence-electron chi connectivity index (χ4n) is 4.83. The van der Waals surface area contributed by atoms with Gasteiger partial charge in [-0.05, 0) is 72.9 Å². The van der Waals surface area contributed by atoms with E-state index in [1.165, 1.54) is 11.3 Å². The lowest BCUT2D eigenvalue weighted by Gasteiger charge is -2.07. The summed E-state index contributed by atoms with van der Waals surface area (Å²) in [5.41, 5.74) is 4.22. The third-order valence-electron chi connectivity index (χ3n) is 7.23. The number of hydrogen-bond acceptors (Lipinski definition) is 4. The maximum absolute atomic E-state index is 14.1. The smallest absolute Gasteiger partial charge is 0.253 e. The first kappa shape index (κ1) is 26.1. The van der Waals surface area contributed by atoms with Crippen molar-refractivity contribution in [3.05, 3.63) is 83.6 Å². The van der Waals surface area contributed by atoms with Crippen LogP contribution in [0.3, 0.4) is 0 Å². The largest absolute Gasteiger partial charge is 0.348 e. The number of hydrogen-bond donors (Lipinski definition) is 2. The molecule has 0 saturated heterocycles. The third kappa shape index (κ3) is 5.34. The van der Waals surface area contributed by atoms with Gasteiger partial charge in [0, 0.05) is 41.7 Å². The Morgan fingerprint density at radius 1 is 1.05 bits per heavy atom. The number of aromatic nitrogens is 2. The van der Waals surface area contributed by atoms with E-state index in [-0.39, 0.29) is 29.8 Å². The second kappa shape index (κ2) is 10.8. The molecule has 6 nitrogen and oxygen atoms in total. The number of amides is 2. The van der Waals surface area contributed by atoms with Crippen molar-refractivity contribution in [2.24, 2.45) is 5.92 Å². The predicted molar refractivity (Wildman–Crippen MR) is 154 cm³/mol. The molecule has 0 radical (unpaired) electrons. The molecule has 2 heterocycles. The van der Waals surface area contributed by atoms with Crippen molar-refractivity contribution in [1.29, 1.82) is 0 Å². The molecule has 6 rings (SSSR count). The van der Waals surface area contributed by atoms with Crippen molar-refractivity contribution in [1.82, 2.24) is 14.9 Å². The summed E-state index contributed by atoms with van der Waals surface area (Å²) in [5, 5.41) is 7.07. The van der Waals surface area contributed by atoms with Gasteiger partial charge in [-0.25, -0.2) is 13.8 Å². The van der Waals surface area contributed by atoms with Crippen molar-refractivity contribution in [3.63, 3.8) is 0 Å². The Morgan fingerprint density at radius 2 is 1.85 bits per heavy atom. The molecule has 9 heteroatoms. The molecule has 40 heavy (non-hydrogen) atoms. The summed E-state index contributed by atoms with van der Waals surface area (Å²) in [5.74, 6) is -1.33. The number of rotatable bonds is 9. The van der Waals surface area contributed by atoms with E-state index in [4.69, 9.17) is 0 Å². The molecule has 0 atom stereocenters. The van der Waals surface area contributed by atoms with Gasteiger partial charge in [0.15, 0.2) is 5.13 Å². The fourth-order valence-corrected chi connectivity index (χ4v) is 5.74. The van der Waals surface area contributed by atoms with Gasteiger partial charge < -0.3 is 15.2 Å². The number of benzene rings is 3. The van der Waals surface area contributed by atoms with Crippen molar-refractivity contribution in [2.75, 3.05) is 5.32 Å². The van der Waals surface area contributed by atoms with E-state index in [1.807, 2.05) is 42.6 Å². The Kier molecular flexibility index (Phi) is 7.06. The van der Waals surface area contributed by atoms with Crippen LogP contribution in [0.2, 0.25) is 0 Å². The minimum Gasteiger partial charge on any atom is -0.348 e. The Hall–Kier alpha value is -4.11. The topological polar surface area (TPSA) is 76.0 Å². The molecule has 0 spiro atoms. The average Bonchev–Trinajstić information content (AvgIpc) is 3.64. The molecule has 1 aliphatic rings. The number of halogens is 2.